The van der Waals surface area contributed by atoms with Gasteiger partial charge in [-0.1, -0.05) is 6.92 Å². The third kappa shape index (κ3) is 3.78. The van der Waals surface area contributed by atoms with Crippen LogP contribution < -0.4 is 10.2 Å². The lowest BCUT2D eigenvalue weighted by Gasteiger charge is -2.20. The maximum absolute atomic E-state index is 4.46. The second-order valence-corrected chi connectivity index (χ2v) is 4.94. The average molecular weight is 270 g/mol. The molecule has 1 unspecified atom stereocenters. The van der Waals surface area contributed by atoms with Crippen molar-refractivity contribution in [2.24, 2.45) is 0 Å². The van der Waals surface area contributed by atoms with E-state index in [4.69, 9.17) is 0 Å². The van der Waals surface area contributed by atoms with Gasteiger partial charge in [-0.15, -0.1) is 0 Å². The lowest BCUT2D eigenvalue weighted by Crippen LogP contribution is -2.20. The highest BCUT2D eigenvalue weighted by molar-refractivity contribution is 5.41. The minimum atomic E-state index is 0.344. The Bertz CT molecular complexity index is 527. The van der Waals surface area contributed by atoms with E-state index in [2.05, 4.69) is 53.2 Å². The quantitative estimate of drug-likeness (QED) is 0.876. The molecule has 0 radical (unpaired) electrons. The van der Waals surface area contributed by atoms with Crippen LogP contribution in [0.3, 0.4) is 0 Å². The van der Waals surface area contributed by atoms with Crippen LogP contribution in [0.4, 0.5) is 5.82 Å². The second-order valence-electron chi connectivity index (χ2n) is 4.94. The molecule has 0 amide bonds. The molecule has 2 aromatic rings. The van der Waals surface area contributed by atoms with E-state index in [-0.39, 0.29) is 0 Å². The van der Waals surface area contributed by atoms with Crippen molar-refractivity contribution in [3.05, 3.63) is 54.0 Å². The molecule has 0 spiro atoms. The third-order valence-corrected chi connectivity index (χ3v) is 3.34. The van der Waals surface area contributed by atoms with Crippen molar-refractivity contribution in [3.8, 4) is 0 Å². The van der Waals surface area contributed by atoms with Gasteiger partial charge in [0.1, 0.15) is 5.82 Å². The summed E-state index contributed by atoms with van der Waals surface area (Å²) in [4.78, 5) is 10.7. The van der Waals surface area contributed by atoms with Gasteiger partial charge in [0, 0.05) is 38.2 Å². The summed E-state index contributed by atoms with van der Waals surface area (Å²) >= 11 is 0. The van der Waals surface area contributed by atoms with Gasteiger partial charge in [-0.3, -0.25) is 4.98 Å². The van der Waals surface area contributed by atoms with E-state index >= 15 is 0 Å². The summed E-state index contributed by atoms with van der Waals surface area (Å²) in [7, 11) is 2.06. The van der Waals surface area contributed by atoms with Crippen LogP contribution in [0.1, 0.15) is 31.0 Å². The molecule has 0 aliphatic heterocycles. The Balaban J connectivity index is 2.10. The molecular weight excluding hydrogens is 248 g/mol. The smallest absolute Gasteiger partial charge is 0.128 e. The van der Waals surface area contributed by atoms with Crippen LogP contribution in [0.5, 0.6) is 0 Å². The Kier molecular flexibility index (Phi) is 5.07. The molecule has 2 aromatic heterocycles. The zero-order valence-electron chi connectivity index (χ0n) is 12.4. The fourth-order valence-electron chi connectivity index (χ4n) is 2.18. The molecule has 1 N–H and O–H groups in total. The molecule has 20 heavy (non-hydrogen) atoms. The SMILES string of the molecule is CCNC(C)c1ccnc(N(C)Cc2ccncc2)c1. The highest BCUT2D eigenvalue weighted by Gasteiger charge is 2.08. The van der Waals surface area contributed by atoms with Gasteiger partial charge in [0.05, 0.1) is 0 Å². The number of anilines is 1. The van der Waals surface area contributed by atoms with E-state index in [1.807, 2.05) is 30.7 Å². The van der Waals surface area contributed by atoms with Crippen LogP contribution in [0.25, 0.3) is 0 Å². The van der Waals surface area contributed by atoms with E-state index in [0.717, 1.165) is 18.9 Å². The predicted octanol–water partition coefficient (Wildman–Crippen LogP) is 2.78. The van der Waals surface area contributed by atoms with Crippen LogP contribution in [-0.4, -0.2) is 23.6 Å². The first-order valence-corrected chi connectivity index (χ1v) is 7.00. The molecule has 2 rings (SSSR count). The van der Waals surface area contributed by atoms with Crippen molar-refractivity contribution in [2.45, 2.75) is 26.4 Å². The molecule has 106 valence electrons. The Labute approximate surface area is 120 Å². The van der Waals surface area contributed by atoms with Gasteiger partial charge in [-0.2, -0.15) is 0 Å². The zero-order chi connectivity index (χ0) is 14.4. The second kappa shape index (κ2) is 7.01. The molecule has 0 bridgehead atoms. The van der Waals surface area contributed by atoms with Crippen LogP contribution in [0, 0.1) is 0 Å². The molecule has 0 saturated carbocycles. The van der Waals surface area contributed by atoms with Crippen molar-refractivity contribution >= 4 is 5.82 Å². The number of aromatic nitrogens is 2. The van der Waals surface area contributed by atoms with Gasteiger partial charge >= 0.3 is 0 Å². The van der Waals surface area contributed by atoms with Crippen LogP contribution in [0.2, 0.25) is 0 Å². The van der Waals surface area contributed by atoms with Crippen molar-refractivity contribution in [1.29, 1.82) is 0 Å². The van der Waals surface area contributed by atoms with E-state index in [9.17, 15) is 0 Å². The molecule has 1 atom stereocenters. The average Bonchev–Trinajstić information content (AvgIpc) is 2.48. The Hall–Kier alpha value is -1.94. The van der Waals surface area contributed by atoms with Crippen LogP contribution >= 0.6 is 0 Å². The summed E-state index contributed by atoms with van der Waals surface area (Å²) in [5.41, 5.74) is 2.49. The summed E-state index contributed by atoms with van der Waals surface area (Å²) in [6.45, 7) is 6.08. The Morgan fingerprint density at radius 3 is 2.65 bits per heavy atom. The lowest BCUT2D eigenvalue weighted by molar-refractivity contribution is 0.597. The monoisotopic (exact) mass is 270 g/mol. The van der Waals surface area contributed by atoms with Crippen molar-refractivity contribution in [2.75, 3.05) is 18.5 Å². The van der Waals surface area contributed by atoms with Crippen molar-refractivity contribution in [3.63, 3.8) is 0 Å². The number of pyridine rings is 2. The van der Waals surface area contributed by atoms with E-state index in [0.29, 0.717) is 6.04 Å². The molecule has 0 fully saturated rings. The molecule has 0 saturated heterocycles. The lowest BCUT2D eigenvalue weighted by atomic mass is 10.1. The summed E-state index contributed by atoms with van der Waals surface area (Å²) in [5.74, 6) is 0.990. The Morgan fingerprint density at radius 1 is 1.20 bits per heavy atom. The fraction of sp³-hybridized carbons (Fsp3) is 0.375. The highest BCUT2D eigenvalue weighted by Crippen LogP contribution is 2.18. The van der Waals surface area contributed by atoms with Crippen LogP contribution in [0.15, 0.2) is 42.9 Å². The summed E-state index contributed by atoms with van der Waals surface area (Å²) in [6, 6.07) is 8.62. The number of hydrogen-bond donors (Lipinski definition) is 1. The first-order chi connectivity index (χ1) is 9.70. The first kappa shape index (κ1) is 14.5. The molecule has 0 aromatic carbocycles. The van der Waals surface area contributed by atoms with Gasteiger partial charge in [-0.05, 0) is 48.9 Å². The third-order valence-electron chi connectivity index (χ3n) is 3.34. The van der Waals surface area contributed by atoms with E-state index in [1.165, 1.54) is 11.1 Å². The van der Waals surface area contributed by atoms with Gasteiger partial charge in [0.25, 0.3) is 0 Å². The number of hydrogen-bond acceptors (Lipinski definition) is 4. The number of rotatable bonds is 6. The van der Waals surface area contributed by atoms with Crippen LogP contribution in [-0.2, 0) is 6.54 Å². The molecule has 4 heteroatoms. The summed E-state index contributed by atoms with van der Waals surface area (Å²) in [5, 5.41) is 3.42. The van der Waals surface area contributed by atoms with Crippen molar-refractivity contribution in [1.82, 2.24) is 15.3 Å². The van der Waals surface area contributed by atoms with E-state index in [1.54, 1.807) is 0 Å². The first-order valence-electron chi connectivity index (χ1n) is 7.00. The van der Waals surface area contributed by atoms with E-state index < -0.39 is 0 Å². The molecule has 2 heterocycles. The summed E-state index contributed by atoms with van der Waals surface area (Å²) < 4.78 is 0. The largest absolute Gasteiger partial charge is 0.355 e. The molecule has 0 aliphatic carbocycles. The van der Waals surface area contributed by atoms with Gasteiger partial charge in [-0.25, -0.2) is 4.98 Å². The molecule has 0 aliphatic rings. The standard InChI is InChI=1S/C16H22N4/c1-4-18-13(2)15-7-10-19-16(11-15)20(3)12-14-5-8-17-9-6-14/h5-11,13,18H,4,12H2,1-3H3. The number of nitrogens with zero attached hydrogens (tertiary/aromatic N) is 3. The van der Waals surface area contributed by atoms with Crippen molar-refractivity contribution < 1.29 is 0 Å². The Morgan fingerprint density at radius 2 is 1.95 bits per heavy atom. The molecule has 4 nitrogen and oxygen atoms in total. The topological polar surface area (TPSA) is 41.1 Å². The van der Waals surface area contributed by atoms with Gasteiger partial charge in [0.15, 0.2) is 0 Å². The minimum absolute atomic E-state index is 0.344. The van der Waals surface area contributed by atoms with Gasteiger partial charge in [0.2, 0.25) is 0 Å². The minimum Gasteiger partial charge on any atom is -0.355 e. The summed E-state index contributed by atoms with van der Waals surface area (Å²) in [6.07, 6.45) is 5.52. The normalized spacial score (nSPS) is 12.2. The predicted molar refractivity (Wildman–Crippen MR) is 82.7 cm³/mol. The maximum Gasteiger partial charge on any atom is 0.128 e. The fourth-order valence-corrected chi connectivity index (χ4v) is 2.18. The number of nitrogens with one attached hydrogen (secondary N) is 1. The molecular formula is C16H22N4. The van der Waals surface area contributed by atoms with Gasteiger partial charge < -0.3 is 10.2 Å². The highest BCUT2D eigenvalue weighted by atomic mass is 15.2. The maximum atomic E-state index is 4.46. The zero-order valence-corrected chi connectivity index (χ0v) is 12.4.